The van der Waals surface area contributed by atoms with Crippen LogP contribution in [-0.4, -0.2) is 35.2 Å². The Morgan fingerprint density at radius 2 is 2.21 bits per heavy atom. The molecule has 2 N–H and O–H groups in total. The van der Waals surface area contributed by atoms with Crippen LogP contribution in [0.2, 0.25) is 0 Å². The van der Waals surface area contributed by atoms with Crippen molar-refractivity contribution in [3.05, 3.63) is 41.7 Å². The average molecular weight is 283 g/mol. The fraction of sp³-hybridized carbons (Fsp3) is 0.357. The Labute approximate surface area is 116 Å². The second kappa shape index (κ2) is 7.96. The standard InChI is InChI=1S/C14H18FNO2S/c1-10(13(9-17)19-2)16-14(18)8-7-11-5-3-4-6-12(11)15/h3-8,10,13,17H,9H2,1-2H3,(H,16,18). The highest BCUT2D eigenvalue weighted by molar-refractivity contribution is 7.99. The van der Waals surface area contributed by atoms with Crippen LogP contribution in [0.25, 0.3) is 6.08 Å². The number of hydrogen-bond donors (Lipinski definition) is 2. The van der Waals surface area contributed by atoms with Gasteiger partial charge in [0.2, 0.25) is 5.91 Å². The van der Waals surface area contributed by atoms with Gasteiger partial charge in [0.25, 0.3) is 0 Å². The molecule has 1 aromatic rings. The smallest absolute Gasteiger partial charge is 0.244 e. The van der Waals surface area contributed by atoms with Crippen LogP contribution < -0.4 is 5.32 Å². The Morgan fingerprint density at radius 3 is 2.79 bits per heavy atom. The molecule has 0 aliphatic rings. The van der Waals surface area contributed by atoms with E-state index in [-0.39, 0.29) is 29.6 Å². The fourth-order valence-electron chi connectivity index (χ4n) is 1.58. The number of benzene rings is 1. The maximum atomic E-state index is 13.3. The predicted molar refractivity (Wildman–Crippen MR) is 77.4 cm³/mol. The molecule has 2 atom stereocenters. The van der Waals surface area contributed by atoms with Gasteiger partial charge in [-0.2, -0.15) is 11.8 Å². The molecule has 0 saturated heterocycles. The zero-order valence-corrected chi connectivity index (χ0v) is 11.8. The van der Waals surface area contributed by atoms with Gasteiger partial charge in [0, 0.05) is 22.9 Å². The first-order chi connectivity index (χ1) is 9.08. The van der Waals surface area contributed by atoms with E-state index < -0.39 is 0 Å². The Bertz CT molecular complexity index is 447. The van der Waals surface area contributed by atoms with Crippen LogP contribution in [0.1, 0.15) is 12.5 Å². The van der Waals surface area contributed by atoms with E-state index in [9.17, 15) is 9.18 Å². The monoisotopic (exact) mass is 283 g/mol. The molecule has 0 heterocycles. The van der Waals surface area contributed by atoms with E-state index in [0.717, 1.165) is 0 Å². The number of carbonyl (C=O) groups is 1. The number of amides is 1. The number of thioether (sulfide) groups is 1. The first kappa shape index (κ1) is 15.7. The lowest BCUT2D eigenvalue weighted by molar-refractivity contribution is -0.117. The first-order valence-electron chi connectivity index (χ1n) is 5.95. The molecule has 0 aliphatic heterocycles. The van der Waals surface area contributed by atoms with Crippen LogP contribution in [0, 0.1) is 5.82 Å². The molecular weight excluding hydrogens is 265 g/mol. The van der Waals surface area contributed by atoms with Crippen molar-refractivity contribution in [3.63, 3.8) is 0 Å². The molecule has 104 valence electrons. The minimum absolute atomic E-state index is 0.000356. The zero-order valence-electron chi connectivity index (χ0n) is 11.0. The fourth-order valence-corrected chi connectivity index (χ4v) is 2.20. The van der Waals surface area contributed by atoms with Gasteiger partial charge < -0.3 is 10.4 Å². The highest BCUT2D eigenvalue weighted by atomic mass is 32.2. The SMILES string of the molecule is CSC(CO)C(C)NC(=O)C=Cc1ccccc1F. The lowest BCUT2D eigenvalue weighted by Gasteiger charge is -2.20. The maximum absolute atomic E-state index is 13.3. The summed E-state index contributed by atoms with van der Waals surface area (Å²) in [5.74, 6) is -0.666. The largest absolute Gasteiger partial charge is 0.395 e. The Balaban J connectivity index is 2.58. The Kier molecular flexibility index (Phi) is 6.59. The molecule has 19 heavy (non-hydrogen) atoms. The number of hydrogen-bond acceptors (Lipinski definition) is 3. The van der Waals surface area contributed by atoms with Crippen LogP contribution in [0.15, 0.2) is 30.3 Å². The molecule has 0 saturated carbocycles. The van der Waals surface area contributed by atoms with E-state index in [1.807, 2.05) is 13.2 Å². The summed E-state index contributed by atoms with van der Waals surface area (Å²) in [5, 5.41) is 11.8. The van der Waals surface area contributed by atoms with Gasteiger partial charge in [-0.15, -0.1) is 0 Å². The van der Waals surface area contributed by atoms with E-state index in [1.54, 1.807) is 18.2 Å². The van der Waals surface area contributed by atoms with Crippen LogP contribution >= 0.6 is 11.8 Å². The van der Waals surface area contributed by atoms with Crippen molar-refractivity contribution in [3.8, 4) is 0 Å². The lowest BCUT2D eigenvalue weighted by Crippen LogP contribution is -2.40. The van der Waals surface area contributed by atoms with Crippen molar-refractivity contribution in [1.29, 1.82) is 0 Å². The summed E-state index contributed by atoms with van der Waals surface area (Å²) in [6.07, 6.45) is 4.60. The molecule has 0 aromatic heterocycles. The van der Waals surface area contributed by atoms with Gasteiger partial charge >= 0.3 is 0 Å². The van der Waals surface area contributed by atoms with Gasteiger partial charge in [-0.05, 0) is 25.3 Å². The molecule has 1 aromatic carbocycles. The average Bonchev–Trinajstić information content (AvgIpc) is 2.39. The Morgan fingerprint density at radius 1 is 1.53 bits per heavy atom. The maximum Gasteiger partial charge on any atom is 0.244 e. The van der Waals surface area contributed by atoms with E-state index in [4.69, 9.17) is 5.11 Å². The molecule has 5 heteroatoms. The van der Waals surface area contributed by atoms with Gasteiger partial charge in [-0.3, -0.25) is 4.79 Å². The summed E-state index contributed by atoms with van der Waals surface area (Å²) in [6, 6.07) is 6.09. The van der Waals surface area contributed by atoms with Crippen LogP contribution in [0.4, 0.5) is 4.39 Å². The third-order valence-corrected chi connectivity index (χ3v) is 3.89. The van der Waals surface area contributed by atoms with Crippen LogP contribution in [0.3, 0.4) is 0 Å². The van der Waals surface area contributed by atoms with Crippen molar-refractivity contribution in [2.45, 2.75) is 18.2 Å². The molecule has 1 amide bonds. The van der Waals surface area contributed by atoms with Crippen LogP contribution in [0.5, 0.6) is 0 Å². The summed E-state index contributed by atoms with van der Waals surface area (Å²) >= 11 is 1.49. The van der Waals surface area contributed by atoms with E-state index in [2.05, 4.69) is 5.32 Å². The molecular formula is C14H18FNO2S. The van der Waals surface area contributed by atoms with Crippen molar-refractivity contribution >= 4 is 23.7 Å². The van der Waals surface area contributed by atoms with Crippen LogP contribution in [-0.2, 0) is 4.79 Å². The highest BCUT2D eigenvalue weighted by Crippen LogP contribution is 2.11. The Hall–Kier alpha value is -1.33. The van der Waals surface area contributed by atoms with Crippen molar-refractivity contribution in [2.24, 2.45) is 0 Å². The molecule has 0 fully saturated rings. The molecule has 3 nitrogen and oxygen atoms in total. The predicted octanol–water partition coefficient (Wildman–Crippen LogP) is 2.07. The normalized spacial score (nSPS) is 14.3. The summed E-state index contributed by atoms with van der Waals surface area (Å²) in [6.45, 7) is 1.83. The number of nitrogens with one attached hydrogen (secondary N) is 1. The summed E-state index contributed by atoms with van der Waals surface area (Å²) < 4.78 is 13.3. The lowest BCUT2D eigenvalue weighted by atomic mass is 10.2. The van der Waals surface area contributed by atoms with Gasteiger partial charge in [-0.1, -0.05) is 18.2 Å². The molecule has 1 rings (SSSR count). The molecule has 0 spiro atoms. The number of aliphatic hydroxyl groups excluding tert-OH is 1. The minimum atomic E-state index is -0.364. The third-order valence-electron chi connectivity index (χ3n) is 2.73. The summed E-state index contributed by atoms with van der Waals surface area (Å²) in [7, 11) is 0. The van der Waals surface area contributed by atoms with Gasteiger partial charge in [0.15, 0.2) is 0 Å². The molecule has 0 bridgehead atoms. The first-order valence-corrected chi connectivity index (χ1v) is 7.24. The number of carbonyl (C=O) groups excluding carboxylic acids is 1. The number of aliphatic hydroxyl groups is 1. The zero-order chi connectivity index (χ0) is 14.3. The van der Waals surface area contributed by atoms with Gasteiger partial charge in [-0.25, -0.2) is 4.39 Å². The van der Waals surface area contributed by atoms with Gasteiger partial charge in [0.05, 0.1) is 6.61 Å². The van der Waals surface area contributed by atoms with Crippen molar-refractivity contribution in [2.75, 3.05) is 12.9 Å². The van der Waals surface area contributed by atoms with Crippen molar-refractivity contribution in [1.82, 2.24) is 5.32 Å². The highest BCUT2D eigenvalue weighted by Gasteiger charge is 2.16. The number of rotatable bonds is 6. The minimum Gasteiger partial charge on any atom is -0.395 e. The third kappa shape index (κ3) is 5.04. The van der Waals surface area contributed by atoms with Gasteiger partial charge in [0.1, 0.15) is 5.82 Å². The van der Waals surface area contributed by atoms with Crippen molar-refractivity contribution < 1.29 is 14.3 Å². The summed E-state index contributed by atoms with van der Waals surface area (Å²) in [5.41, 5.74) is 0.369. The number of halogens is 1. The van der Waals surface area contributed by atoms with E-state index in [0.29, 0.717) is 5.56 Å². The second-order valence-electron chi connectivity index (χ2n) is 4.11. The molecule has 0 aliphatic carbocycles. The quantitative estimate of drug-likeness (QED) is 0.786. The van der Waals surface area contributed by atoms with E-state index in [1.165, 1.54) is 30.0 Å². The summed E-state index contributed by atoms with van der Waals surface area (Å²) in [4.78, 5) is 11.7. The topological polar surface area (TPSA) is 49.3 Å². The van der Waals surface area contributed by atoms with E-state index >= 15 is 0 Å². The molecule has 0 radical (unpaired) electrons. The second-order valence-corrected chi connectivity index (χ2v) is 5.19. The molecule has 2 unspecified atom stereocenters.